The van der Waals surface area contributed by atoms with E-state index >= 15 is 0 Å². The van der Waals surface area contributed by atoms with Crippen molar-refractivity contribution in [3.8, 4) is 0 Å². The lowest BCUT2D eigenvalue weighted by Crippen LogP contribution is -2.41. The van der Waals surface area contributed by atoms with Crippen LogP contribution in [0.3, 0.4) is 0 Å². The first-order valence-electron chi connectivity index (χ1n) is 5.38. The van der Waals surface area contributed by atoms with E-state index < -0.39 is 0 Å². The van der Waals surface area contributed by atoms with Crippen LogP contribution in [0.5, 0.6) is 0 Å². The van der Waals surface area contributed by atoms with E-state index in [2.05, 4.69) is 22.2 Å². The number of anilines is 2. The summed E-state index contributed by atoms with van der Waals surface area (Å²) in [4.78, 5) is 10.5. The van der Waals surface area contributed by atoms with E-state index in [9.17, 15) is 0 Å². The molecule has 4 nitrogen and oxygen atoms in total. The minimum atomic E-state index is 0.248. The van der Waals surface area contributed by atoms with Crippen molar-refractivity contribution in [3.63, 3.8) is 0 Å². The molecule has 82 valence electrons. The number of aromatic nitrogens is 2. The van der Waals surface area contributed by atoms with Crippen LogP contribution in [0, 0.1) is 0 Å². The summed E-state index contributed by atoms with van der Waals surface area (Å²) in [5.41, 5.74) is 0.248. The highest BCUT2D eigenvalue weighted by Crippen LogP contribution is 2.34. The monoisotopic (exact) mass is 206 g/mol. The Morgan fingerprint density at radius 1 is 1.40 bits per heavy atom. The van der Waals surface area contributed by atoms with Crippen LogP contribution in [0.4, 0.5) is 11.8 Å². The number of nitrogens with one attached hydrogen (secondary N) is 1. The minimum Gasteiger partial charge on any atom is -0.365 e. The van der Waals surface area contributed by atoms with Crippen molar-refractivity contribution in [2.75, 3.05) is 24.3 Å². The predicted octanol–water partition coefficient (Wildman–Crippen LogP) is 1.90. The zero-order chi connectivity index (χ0) is 10.9. The summed E-state index contributed by atoms with van der Waals surface area (Å²) >= 11 is 0. The van der Waals surface area contributed by atoms with Crippen LogP contribution >= 0.6 is 0 Å². The second-order valence-electron chi connectivity index (χ2n) is 4.68. The summed E-state index contributed by atoms with van der Waals surface area (Å²) in [6.45, 7) is 2.24. The first kappa shape index (κ1) is 10.2. The van der Waals surface area contributed by atoms with Gasteiger partial charge in [-0.25, -0.2) is 4.98 Å². The molecule has 1 aromatic rings. The number of rotatable bonds is 3. The highest BCUT2D eigenvalue weighted by molar-refractivity contribution is 5.42. The smallest absolute Gasteiger partial charge is 0.226 e. The van der Waals surface area contributed by atoms with Gasteiger partial charge in [0.15, 0.2) is 0 Å². The lowest BCUT2D eigenvalue weighted by molar-refractivity contribution is 0.306. The fraction of sp³-hybridized carbons (Fsp3) is 0.636. The van der Waals surface area contributed by atoms with Crippen molar-refractivity contribution in [1.82, 2.24) is 9.97 Å². The molecule has 0 amide bonds. The van der Waals surface area contributed by atoms with E-state index in [1.54, 1.807) is 6.20 Å². The molecule has 1 N–H and O–H groups in total. The Labute approximate surface area is 90.7 Å². The molecule has 1 aliphatic rings. The summed E-state index contributed by atoms with van der Waals surface area (Å²) in [5, 5.41) is 3.47. The molecule has 0 aliphatic heterocycles. The van der Waals surface area contributed by atoms with Crippen LogP contribution in [0.1, 0.15) is 26.2 Å². The van der Waals surface area contributed by atoms with Crippen LogP contribution in [0.25, 0.3) is 0 Å². The normalized spacial score (nSPS) is 18.1. The van der Waals surface area contributed by atoms with Gasteiger partial charge in [-0.3, -0.25) is 0 Å². The van der Waals surface area contributed by atoms with Gasteiger partial charge in [-0.2, -0.15) is 4.98 Å². The fourth-order valence-corrected chi connectivity index (χ4v) is 1.77. The summed E-state index contributed by atoms with van der Waals surface area (Å²) in [5.74, 6) is 1.68. The average molecular weight is 206 g/mol. The third-order valence-electron chi connectivity index (χ3n) is 2.93. The van der Waals surface area contributed by atoms with E-state index in [4.69, 9.17) is 0 Å². The lowest BCUT2D eigenvalue weighted by atomic mass is 9.78. The van der Waals surface area contributed by atoms with Gasteiger partial charge in [-0.05, 0) is 32.3 Å². The average Bonchev–Trinajstić information content (AvgIpc) is 2.16. The Morgan fingerprint density at radius 2 is 2.13 bits per heavy atom. The molecule has 15 heavy (non-hydrogen) atoms. The number of hydrogen-bond donors (Lipinski definition) is 1. The van der Waals surface area contributed by atoms with Crippen molar-refractivity contribution in [2.45, 2.75) is 31.7 Å². The van der Waals surface area contributed by atoms with Crippen LogP contribution in [0.2, 0.25) is 0 Å². The molecule has 1 heterocycles. The third-order valence-corrected chi connectivity index (χ3v) is 2.93. The maximum Gasteiger partial charge on any atom is 0.226 e. The van der Waals surface area contributed by atoms with Crippen LogP contribution in [-0.2, 0) is 0 Å². The minimum absolute atomic E-state index is 0.248. The molecule has 1 saturated carbocycles. The van der Waals surface area contributed by atoms with E-state index in [0.29, 0.717) is 0 Å². The zero-order valence-electron chi connectivity index (χ0n) is 9.62. The molecule has 0 radical (unpaired) electrons. The summed E-state index contributed by atoms with van der Waals surface area (Å²) in [6.07, 6.45) is 5.57. The molecule has 4 heteroatoms. The van der Waals surface area contributed by atoms with Crippen molar-refractivity contribution in [1.29, 1.82) is 0 Å². The van der Waals surface area contributed by atoms with Gasteiger partial charge in [0, 0.05) is 25.8 Å². The van der Waals surface area contributed by atoms with Gasteiger partial charge in [-0.15, -0.1) is 0 Å². The molecule has 0 aromatic carbocycles. The number of nitrogens with zero attached hydrogens (tertiary/aromatic N) is 3. The zero-order valence-corrected chi connectivity index (χ0v) is 9.62. The van der Waals surface area contributed by atoms with E-state index in [-0.39, 0.29) is 5.54 Å². The van der Waals surface area contributed by atoms with E-state index in [1.165, 1.54) is 19.3 Å². The highest BCUT2D eigenvalue weighted by atomic mass is 15.2. The van der Waals surface area contributed by atoms with Crippen molar-refractivity contribution >= 4 is 11.8 Å². The van der Waals surface area contributed by atoms with Crippen LogP contribution < -0.4 is 10.2 Å². The first-order chi connectivity index (χ1) is 7.09. The maximum atomic E-state index is 4.44. The molecular formula is C11H18N4. The van der Waals surface area contributed by atoms with Crippen molar-refractivity contribution < 1.29 is 0 Å². The van der Waals surface area contributed by atoms with Gasteiger partial charge in [0.25, 0.3) is 0 Å². The Hall–Kier alpha value is -1.32. The summed E-state index contributed by atoms with van der Waals surface area (Å²) < 4.78 is 0. The van der Waals surface area contributed by atoms with E-state index in [1.807, 2.05) is 25.1 Å². The van der Waals surface area contributed by atoms with Crippen LogP contribution in [0.15, 0.2) is 12.3 Å². The van der Waals surface area contributed by atoms with Gasteiger partial charge in [-0.1, -0.05) is 0 Å². The fourth-order valence-electron chi connectivity index (χ4n) is 1.77. The van der Waals surface area contributed by atoms with Gasteiger partial charge in [0.1, 0.15) is 5.82 Å². The molecule has 0 spiro atoms. The molecule has 0 unspecified atom stereocenters. The second kappa shape index (κ2) is 3.68. The molecule has 2 rings (SSSR count). The van der Waals surface area contributed by atoms with Gasteiger partial charge >= 0.3 is 0 Å². The molecule has 0 saturated heterocycles. The Bertz CT molecular complexity index is 344. The SMILES string of the molecule is CN(C)c1nccc(NC2(C)CCC2)n1. The van der Waals surface area contributed by atoms with Crippen LogP contribution in [-0.4, -0.2) is 29.6 Å². The molecule has 0 bridgehead atoms. The standard InChI is InChI=1S/C11H18N4/c1-11(6-4-7-11)14-9-5-8-12-10(13-9)15(2)3/h5,8H,4,6-7H2,1-3H3,(H,12,13,14). The predicted molar refractivity (Wildman–Crippen MR) is 62.2 cm³/mol. The first-order valence-corrected chi connectivity index (χ1v) is 5.38. The largest absolute Gasteiger partial charge is 0.365 e. The topological polar surface area (TPSA) is 41.1 Å². The maximum absolute atomic E-state index is 4.44. The van der Waals surface area contributed by atoms with E-state index in [0.717, 1.165) is 11.8 Å². The molecular weight excluding hydrogens is 188 g/mol. The van der Waals surface area contributed by atoms with Crippen molar-refractivity contribution in [2.24, 2.45) is 0 Å². The summed E-state index contributed by atoms with van der Waals surface area (Å²) in [6, 6.07) is 1.93. The second-order valence-corrected chi connectivity index (χ2v) is 4.68. The molecule has 1 aliphatic carbocycles. The molecule has 1 fully saturated rings. The highest BCUT2D eigenvalue weighted by Gasteiger charge is 2.31. The quantitative estimate of drug-likeness (QED) is 0.820. The van der Waals surface area contributed by atoms with Gasteiger partial charge in [0.2, 0.25) is 5.95 Å². The van der Waals surface area contributed by atoms with Gasteiger partial charge < -0.3 is 10.2 Å². The Balaban J connectivity index is 2.11. The summed E-state index contributed by atoms with van der Waals surface area (Å²) in [7, 11) is 3.90. The molecule has 1 aromatic heterocycles. The Kier molecular flexibility index (Phi) is 2.50. The van der Waals surface area contributed by atoms with Crippen molar-refractivity contribution in [3.05, 3.63) is 12.3 Å². The lowest BCUT2D eigenvalue weighted by Gasteiger charge is -2.39. The number of hydrogen-bond acceptors (Lipinski definition) is 4. The molecule has 0 atom stereocenters. The Morgan fingerprint density at radius 3 is 2.67 bits per heavy atom. The third kappa shape index (κ3) is 2.19. The van der Waals surface area contributed by atoms with Gasteiger partial charge in [0.05, 0.1) is 0 Å².